The predicted molar refractivity (Wildman–Crippen MR) is 84.6 cm³/mol. The van der Waals surface area contributed by atoms with Crippen molar-refractivity contribution in [2.24, 2.45) is 5.92 Å². The van der Waals surface area contributed by atoms with Gasteiger partial charge in [-0.25, -0.2) is 0 Å². The van der Waals surface area contributed by atoms with Crippen LogP contribution in [0.5, 0.6) is 5.75 Å². The lowest BCUT2D eigenvalue weighted by molar-refractivity contribution is -0.141. The van der Waals surface area contributed by atoms with Gasteiger partial charge in [0, 0.05) is 32.1 Å². The molecule has 0 bridgehead atoms. The first-order chi connectivity index (χ1) is 10.6. The first kappa shape index (κ1) is 16.3. The number of amides is 2. The van der Waals surface area contributed by atoms with Gasteiger partial charge in [0.2, 0.25) is 11.8 Å². The fourth-order valence-electron chi connectivity index (χ4n) is 2.47. The van der Waals surface area contributed by atoms with Crippen molar-refractivity contribution in [2.45, 2.75) is 20.3 Å². The van der Waals surface area contributed by atoms with E-state index in [-0.39, 0.29) is 17.7 Å². The molecule has 0 atom stereocenters. The van der Waals surface area contributed by atoms with Crippen LogP contribution in [0.1, 0.15) is 20.3 Å². The molecule has 120 valence electrons. The van der Waals surface area contributed by atoms with Crippen LogP contribution in [-0.2, 0) is 9.59 Å². The maximum absolute atomic E-state index is 12.1. The fraction of sp³-hybridized carbons (Fsp3) is 0.529. The molecule has 1 aromatic carbocycles. The quantitative estimate of drug-likeness (QED) is 0.833. The molecule has 1 fully saturated rings. The molecule has 1 aromatic rings. The third-order valence-electron chi connectivity index (χ3n) is 3.77. The summed E-state index contributed by atoms with van der Waals surface area (Å²) in [7, 11) is 0. The Morgan fingerprint density at radius 1 is 1.05 bits per heavy atom. The molecule has 1 aliphatic rings. The number of piperazine rings is 1. The van der Waals surface area contributed by atoms with Crippen LogP contribution in [0, 0.1) is 5.92 Å². The fourth-order valence-corrected chi connectivity index (χ4v) is 2.47. The summed E-state index contributed by atoms with van der Waals surface area (Å²) in [6.07, 6.45) is 0.368. The Hall–Kier alpha value is -2.04. The normalized spacial score (nSPS) is 15.0. The minimum atomic E-state index is 0.0153. The zero-order chi connectivity index (χ0) is 15.9. The van der Waals surface area contributed by atoms with E-state index in [0.29, 0.717) is 39.2 Å². The smallest absolute Gasteiger partial charge is 0.226 e. The number of nitrogens with zero attached hydrogens (tertiary/aromatic N) is 2. The molecule has 1 heterocycles. The maximum atomic E-state index is 12.1. The average Bonchev–Trinajstić information content (AvgIpc) is 2.55. The molecular weight excluding hydrogens is 280 g/mol. The van der Waals surface area contributed by atoms with E-state index in [1.807, 2.05) is 54.0 Å². The van der Waals surface area contributed by atoms with Crippen molar-refractivity contribution < 1.29 is 14.3 Å². The van der Waals surface area contributed by atoms with Crippen LogP contribution in [-0.4, -0.2) is 54.4 Å². The van der Waals surface area contributed by atoms with Gasteiger partial charge in [0.15, 0.2) is 0 Å². The summed E-state index contributed by atoms with van der Waals surface area (Å²) in [4.78, 5) is 27.7. The maximum Gasteiger partial charge on any atom is 0.226 e. The molecule has 5 nitrogen and oxygen atoms in total. The SMILES string of the molecule is CC(C)C(=O)N1CCN(C(=O)CCOc2ccccc2)CC1. The van der Waals surface area contributed by atoms with Gasteiger partial charge in [-0.2, -0.15) is 0 Å². The van der Waals surface area contributed by atoms with Crippen LogP contribution in [0.15, 0.2) is 30.3 Å². The number of carbonyl (C=O) groups excluding carboxylic acids is 2. The summed E-state index contributed by atoms with van der Waals surface area (Å²) < 4.78 is 5.55. The molecule has 2 amide bonds. The highest BCUT2D eigenvalue weighted by Gasteiger charge is 2.25. The van der Waals surface area contributed by atoms with E-state index in [4.69, 9.17) is 4.74 Å². The lowest BCUT2D eigenvalue weighted by Crippen LogP contribution is -2.51. The van der Waals surface area contributed by atoms with Gasteiger partial charge in [-0.1, -0.05) is 32.0 Å². The number of para-hydroxylation sites is 1. The number of ether oxygens (including phenoxy) is 1. The van der Waals surface area contributed by atoms with E-state index < -0.39 is 0 Å². The molecule has 0 aliphatic carbocycles. The standard InChI is InChI=1S/C17H24N2O3/c1-14(2)17(21)19-11-9-18(10-12-19)16(20)8-13-22-15-6-4-3-5-7-15/h3-7,14H,8-13H2,1-2H3. The average molecular weight is 304 g/mol. The highest BCUT2D eigenvalue weighted by atomic mass is 16.5. The highest BCUT2D eigenvalue weighted by molar-refractivity contribution is 5.79. The van der Waals surface area contributed by atoms with Crippen LogP contribution in [0.4, 0.5) is 0 Å². The van der Waals surface area contributed by atoms with Gasteiger partial charge in [0.25, 0.3) is 0 Å². The Bertz CT molecular complexity index is 494. The van der Waals surface area contributed by atoms with Crippen molar-refractivity contribution >= 4 is 11.8 Å². The van der Waals surface area contributed by atoms with E-state index in [1.54, 1.807) is 0 Å². The Morgan fingerprint density at radius 2 is 1.64 bits per heavy atom. The number of rotatable bonds is 5. The lowest BCUT2D eigenvalue weighted by atomic mass is 10.1. The second kappa shape index (κ2) is 7.82. The monoisotopic (exact) mass is 304 g/mol. The Kier molecular flexibility index (Phi) is 5.81. The number of carbonyl (C=O) groups is 2. The molecule has 22 heavy (non-hydrogen) atoms. The van der Waals surface area contributed by atoms with Crippen molar-refractivity contribution in [2.75, 3.05) is 32.8 Å². The van der Waals surface area contributed by atoms with Crippen molar-refractivity contribution in [1.29, 1.82) is 0 Å². The predicted octanol–water partition coefficient (Wildman–Crippen LogP) is 1.78. The Labute approximate surface area is 131 Å². The molecule has 0 radical (unpaired) electrons. The van der Waals surface area contributed by atoms with E-state index in [9.17, 15) is 9.59 Å². The van der Waals surface area contributed by atoms with Crippen molar-refractivity contribution in [3.05, 3.63) is 30.3 Å². The molecular formula is C17H24N2O3. The summed E-state index contributed by atoms with van der Waals surface area (Å²) in [6, 6.07) is 9.49. The minimum absolute atomic E-state index is 0.0153. The van der Waals surface area contributed by atoms with Crippen LogP contribution < -0.4 is 4.74 Å². The zero-order valence-electron chi connectivity index (χ0n) is 13.3. The van der Waals surface area contributed by atoms with Crippen LogP contribution >= 0.6 is 0 Å². The zero-order valence-corrected chi connectivity index (χ0v) is 13.3. The van der Waals surface area contributed by atoms with Gasteiger partial charge in [0.1, 0.15) is 5.75 Å². The summed E-state index contributed by atoms with van der Waals surface area (Å²) in [6.45, 7) is 6.67. The van der Waals surface area contributed by atoms with Crippen LogP contribution in [0.2, 0.25) is 0 Å². The third-order valence-corrected chi connectivity index (χ3v) is 3.77. The van der Waals surface area contributed by atoms with Gasteiger partial charge in [-0.3, -0.25) is 9.59 Å². The molecule has 0 N–H and O–H groups in total. The van der Waals surface area contributed by atoms with Crippen molar-refractivity contribution in [1.82, 2.24) is 9.80 Å². The van der Waals surface area contributed by atoms with Gasteiger partial charge in [-0.15, -0.1) is 0 Å². The summed E-state index contributed by atoms with van der Waals surface area (Å²) in [5, 5.41) is 0. The van der Waals surface area contributed by atoms with Crippen LogP contribution in [0.3, 0.4) is 0 Å². The summed E-state index contributed by atoms with van der Waals surface area (Å²) in [5.74, 6) is 1.05. The molecule has 2 rings (SSSR count). The molecule has 0 unspecified atom stereocenters. The van der Waals surface area contributed by atoms with Gasteiger partial charge in [0.05, 0.1) is 13.0 Å². The summed E-state index contributed by atoms with van der Waals surface area (Å²) in [5.41, 5.74) is 0. The Balaban J connectivity index is 1.70. The van der Waals surface area contributed by atoms with E-state index >= 15 is 0 Å². The molecule has 1 aliphatic heterocycles. The largest absolute Gasteiger partial charge is 0.493 e. The van der Waals surface area contributed by atoms with Gasteiger partial charge in [-0.05, 0) is 12.1 Å². The molecule has 5 heteroatoms. The molecule has 0 saturated carbocycles. The van der Waals surface area contributed by atoms with Gasteiger partial charge >= 0.3 is 0 Å². The van der Waals surface area contributed by atoms with Crippen molar-refractivity contribution in [3.8, 4) is 5.75 Å². The lowest BCUT2D eigenvalue weighted by Gasteiger charge is -2.35. The van der Waals surface area contributed by atoms with E-state index in [1.165, 1.54) is 0 Å². The second-order valence-corrected chi connectivity index (χ2v) is 5.77. The number of hydrogen-bond donors (Lipinski definition) is 0. The minimum Gasteiger partial charge on any atom is -0.493 e. The first-order valence-electron chi connectivity index (χ1n) is 7.82. The second-order valence-electron chi connectivity index (χ2n) is 5.77. The summed E-state index contributed by atoms with van der Waals surface area (Å²) >= 11 is 0. The number of benzene rings is 1. The third kappa shape index (κ3) is 4.48. The molecule has 0 spiro atoms. The van der Waals surface area contributed by atoms with E-state index in [2.05, 4.69) is 0 Å². The van der Waals surface area contributed by atoms with Crippen LogP contribution in [0.25, 0.3) is 0 Å². The topological polar surface area (TPSA) is 49.9 Å². The first-order valence-corrected chi connectivity index (χ1v) is 7.82. The Morgan fingerprint density at radius 3 is 2.23 bits per heavy atom. The number of hydrogen-bond acceptors (Lipinski definition) is 3. The van der Waals surface area contributed by atoms with Crippen molar-refractivity contribution in [3.63, 3.8) is 0 Å². The van der Waals surface area contributed by atoms with Gasteiger partial charge < -0.3 is 14.5 Å². The van der Waals surface area contributed by atoms with E-state index in [0.717, 1.165) is 5.75 Å². The highest BCUT2D eigenvalue weighted by Crippen LogP contribution is 2.10. The molecule has 1 saturated heterocycles. The molecule has 0 aromatic heterocycles.